The zero-order valence-corrected chi connectivity index (χ0v) is 11.1. The number of primary amides is 1. The highest BCUT2D eigenvalue weighted by Gasteiger charge is 1.99. The predicted molar refractivity (Wildman–Crippen MR) is 73.3 cm³/mol. The lowest BCUT2D eigenvalue weighted by molar-refractivity contribution is -0.152. The maximum atomic E-state index is 10.2. The van der Waals surface area contributed by atoms with Gasteiger partial charge in [-0.1, -0.05) is 26.3 Å². The lowest BCUT2D eigenvalue weighted by atomic mass is 10.4. The molecule has 0 spiro atoms. The summed E-state index contributed by atoms with van der Waals surface area (Å²) in [4.78, 5) is 39.4. The van der Waals surface area contributed by atoms with Crippen molar-refractivity contribution in [3.8, 4) is 0 Å². The summed E-state index contributed by atoms with van der Waals surface area (Å²) in [6.45, 7) is 13.9. The van der Waals surface area contributed by atoms with Crippen LogP contribution in [0.2, 0.25) is 0 Å². The van der Waals surface area contributed by atoms with Crippen molar-refractivity contribution >= 4 is 23.8 Å². The minimum atomic E-state index is -0.935. The SMILES string of the molecule is C=C(C)C(=O)O.C=CC(=O)OC(=O)C=C.C=CC(N)=O. The van der Waals surface area contributed by atoms with Gasteiger partial charge in [-0.2, -0.15) is 0 Å². The van der Waals surface area contributed by atoms with Crippen LogP contribution in [-0.2, 0) is 23.9 Å². The lowest BCUT2D eigenvalue weighted by Gasteiger charge is -1.90. The highest BCUT2D eigenvalue weighted by atomic mass is 16.6. The number of carbonyl (C=O) groups is 4. The Morgan fingerprint density at radius 1 is 1.00 bits per heavy atom. The first-order valence-electron chi connectivity index (χ1n) is 4.93. The standard InChI is InChI=1S/C6H6O3.C4H6O2.C3H5NO/c1-3-5(7)9-6(8)4-2;1-3(2)4(5)6;1-2-3(4)5/h3-4H,1-2H2;1H2,2H3,(H,5,6);2H,1H2,(H2,4,5). The fourth-order valence-corrected chi connectivity index (χ4v) is 0.182. The van der Waals surface area contributed by atoms with E-state index >= 15 is 0 Å². The van der Waals surface area contributed by atoms with E-state index in [1.165, 1.54) is 6.92 Å². The number of rotatable bonds is 4. The van der Waals surface area contributed by atoms with Crippen LogP contribution in [0.1, 0.15) is 6.92 Å². The van der Waals surface area contributed by atoms with Gasteiger partial charge in [-0.15, -0.1) is 0 Å². The van der Waals surface area contributed by atoms with Gasteiger partial charge in [-0.25, -0.2) is 14.4 Å². The molecule has 110 valence electrons. The quantitative estimate of drug-likeness (QED) is 0.445. The molecule has 0 saturated carbocycles. The number of carboxylic acids is 1. The van der Waals surface area contributed by atoms with Crippen LogP contribution < -0.4 is 5.73 Å². The zero-order chi connectivity index (χ0) is 16.7. The minimum Gasteiger partial charge on any atom is -0.478 e. The Hall–Kier alpha value is -2.96. The number of carboxylic acid groups (broad SMARTS) is 1. The van der Waals surface area contributed by atoms with Crippen LogP contribution >= 0.6 is 0 Å². The number of esters is 2. The van der Waals surface area contributed by atoms with Crippen molar-refractivity contribution in [2.75, 3.05) is 0 Å². The second kappa shape index (κ2) is 14.1. The van der Waals surface area contributed by atoms with E-state index in [1.54, 1.807) is 0 Å². The summed E-state index contributed by atoms with van der Waals surface area (Å²) in [6.07, 6.45) is 2.86. The van der Waals surface area contributed by atoms with Crippen molar-refractivity contribution in [1.29, 1.82) is 0 Å². The molecule has 0 heterocycles. The van der Waals surface area contributed by atoms with Gasteiger partial charge in [-0.3, -0.25) is 4.79 Å². The van der Waals surface area contributed by atoms with Crippen molar-refractivity contribution < 1.29 is 29.0 Å². The van der Waals surface area contributed by atoms with E-state index in [0.29, 0.717) is 0 Å². The largest absolute Gasteiger partial charge is 0.478 e. The summed E-state index contributed by atoms with van der Waals surface area (Å²) >= 11 is 0. The molecule has 0 aromatic carbocycles. The summed E-state index contributed by atoms with van der Waals surface area (Å²) in [5.41, 5.74) is 4.71. The van der Waals surface area contributed by atoms with Crippen LogP contribution in [0, 0.1) is 0 Å². The zero-order valence-electron chi connectivity index (χ0n) is 11.1. The van der Waals surface area contributed by atoms with E-state index in [1.807, 2.05) is 0 Å². The molecule has 3 N–H and O–H groups in total. The molecular weight excluding hydrogens is 266 g/mol. The number of nitrogens with two attached hydrogens (primary N) is 1. The third kappa shape index (κ3) is 24.3. The highest BCUT2D eigenvalue weighted by molar-refractivity contribution is 5.95. The van der Waals surface area contributed by atoms with E-state index in [-0.39, 0.29) is 5.57 Å². The van der Waals surface area contributed by atoms with Gasteiger partial charge in [0.15, 0.2) is 0 Å². The maximum absolute atomic E-state index is 10.2. The van der Waals surface area contributed by atoms with Crippen molar-refractivity contribution in [3.63, 3.8) is 0 Å². The van der Waals surface area contributed by atoms with Crippen LogP contribution in [0.5, 0.6) is 0 Å². The molecular formula is C13H17NO6. The molecule has 0 aliphatic carbocycles. The third-order valence-electron chi connectivity index (χ3n) is 1.10. The number of aliphatic carboxylic acids is 1. The van der Waals surface area contributed by atoms with Gasteiger partial charge in [0, 0.05) is 17.7 Å². The van der Waals surface area contributed by atoms with Gasteiger partial charge in [0.1, 0.15) is 0 Å². The van der Waals surface area contributed by atoms with E-state index in [9.17, 15) is 19.2 Å². The molecule has 0 bridgehead atoms. The topological polar surface area (TPSA) is 124 Å². The molecule has 7 heteroatoms. The molecule has 1 amide bonds. The molecule has 7 nitrogen and oxygen atoms in total. The minimum absolute atomic E-state index is 0.176. The van der Waals surface area contributed by atoms with Crippen LogP contribution in [0.15, 0.2) is 50.1 Å². The highest BCUT2D eigenvalue weighted by Crippen LogP contribution is 1.81. The molecule has 0 aliphatic heterocycles. The Labute approximate surface area is 116 Å². The number of hydrogen-bond acceptors (Lipinski definition) is 5. The molecule has 0 aromatic rings. The average molecular weight is 283 g/mol. The smallest absolute Gasteiger partial charge is 0.338 e. The van der Waals surface area contributed by atoms with Gasteiger partial charge in [0.25, 0.3) is 0 Å². The lowest BCUT2D eigenvalue weighted by Crippen LogP contribution is -2.05. The average Bonchev–Trinajstić information content (AvgIpc) is 2.39. The fourth-order valence-electron chi connectivity index (χ4n) is 0.182. The summed E-state index contributed by atoms with van der Waals surface area (Å²) < 4.78 is 4.03. The number of ether oxygens (including phenoxy) is 1. The summed E-state index contributed by atoms with van der Waals surface area (Å²) in [6, 6.07) is 0. The summed E-state index contributed by atoms with van der Waals surface area (Å²) in [5.74, 6) is -2.94. The van der Waals surface area contributed by atoms with E-state index in [0.717, 1.165) is 18.2 Å². The molecule has 20 heavy (non-hydrogen) atoms. The summed E-state index contributed by atoms with van der Waals surface area (Å²) in [5, 5.41) is 7.89. The molecule has 0 unspecified atom stereocenters. The van der Waals surface area contributed by atoms with Crippen LogP contribution in [0.3, 0.4) is 0 Å². The molecule has 0 saturated heterocycles. The maximum Gasteiger partial charge on any atom is 0.338 e. The second-order valence-corrected chi connectivity index (χ2v) is 2.84. The first-order chi connectivity index (χ1) is 9.11. The van der Waals surface area contributed by atoms with Crippen LogP contribution in [-0.4, -0.2) is 28.9 Å². The number of hydrogen-bond donors (Lipinski definition) is 2. The molecule has 0 radical (unpaired) electrons. The Balaban J connectivity index is -0.000000230. The Bertz CT molecular complexity index is 393. The molecule has 0 aromatic heterocycles. The third-order valence-corrected chi connectivity index (χ3v) is 1.10. The van der Waals surface area contributed by atoms with Crippen molar-refractivity contribution in [2.45, 2.75) is 6.92 Å². The van der Waals surface area contributed by atoms with Gasteiger partial charge < -0.3 is 15.6 Å². The Morgan fingerprint density at radius 2 is 1.25 bits per heavy atom. The first-order valence-corrected chi connectivity index (χ1v) is 4.93. The van der Waals surface area contributed by atoms with Crippen molar-refractivity contribution in [1.82, 2.24) is 0 Å². The van der Waals surface area contributed by atoms with Gasteiger partial charge in [0.2, 0.25) is 5.91 Å². The normalized spacial score (nSPS) is 7.25. The molecule has 0 rings (SSSR count). The van der Waals surface area contributed by atoms with Gasteiger partial charge in [-0.05, 0) is 13.0 Å². The molecule has 0 aliphatic rings. The van der Waals surface area contributed by atoms with Gasteiger partial charge >= 0.3 is 17.9 Å². The van der Waals surface area contributed by atoms with Gasteiger partial charge in [0.05, 0.1) is 0 Å². The summed E-state index contributed by atoms with van der Waals surface area (Å²) in [7, 11) is 0. The Kier molecular flexibility index (Phi) is 15.7. The van der Waals surface area contributed by atoms with E-state index in [2.05, 4.69) is 36.8 Å². The molecule has 0 fully saturated rings. The van der Waals surface area contributed by atoms with E-state index in [4.69, 9.17) is 5.11 Å². The monoisotopic (exact) mass is 283 g/mol. The first kappa shape index (κ1) is 22.2. The van der Waals surface area contributed by atoms with Crippen LogP contribution in [0.25, 0.3) is 0 Å². The second-order valence-electron chi connectivity index (χ2n) is 2.84. The van der Waals surface area contributed by atoms with Crippen molar-refractivity contribution in [3.05, 3.63) is 50.1 Å². The predicted octanol–water partition coefficient (Wildman–Crippen LogP) is 0.733. The number of amides is 1. The Morgan fingerprint density at radius 3 is 1.35 bits per heavy atom. The van der Waals surface area contributed by atoms with Crippen LogP contribution in [0.4, 0.5) is 0 Å². The molecule has 0 atom stereocenters. The van der Waals surface area contributed by atoms with E-state index < -0.39 is 23.8 Å². The number of carbonyl (C=O) groups excluding carboxylic acids is 3. The fraction of sp³-hybridized carbons (Fsp3) is 0.0769. The van der Waals surface area contributed by atoms with Crippen molar-refractivity contribution in [2.24, 2.45) is 5.73 Å².